The molecule has 0 aromatic heterocycles. The van der Waals surface area contributed by atoms with Crippen molar-refractivity contribution >= 4 is 39.5 Å². The van der Waals surface area contributed by atoms with Crippen molar-refractivity contribution in [3.8, 4) is 0 Å². The van der Waals surface area contributed by atoms with Crippen molar-refractivity contribution in [2.75, 3.05) is 39.6 Å². The van der Waals surface area contributed by atoms with E-state index in [9.17, 15) is 43.2 Å². The van der Waals surface area contributed by atoms with Gasteiger partial charge in [0, 0.05) is 25.7 Å². The maximum absolute atomic E-state index is 13.1. The molecule has 0 aliphatic carbocycles. The van der Waals surface area contributed by atoms with Gasteiger partial charge in [0.05, 0.1) is 26.4 Å². The molecule has 95 heavy (non-hydrogen) atoms. The first-order valence-electron chi connectivity index (χ1n) is 39.6. The molecule has 0 aromatic carbocycles. The largest absolute Gasteiger partial charge is 0.472 e. The molecule has 0 saturated carbocycles. The Bertz CT molecular complexity index is 1840. The van der Waals surface area contributed by atoms with E-state index in [1.165, 1.54) is 212 Å². The van der Waals surface area contributed by atoms with Gasteiger partial charge >= 0.3 is 39.5 Å². The minimum absolute atomic E-state index is 0.108. The molecule has 3 N–H and O–H groups in total. The fourth-order valence-electron chi connectivity index (χ4n) is 11.6. The number of hydrogen-bond acceptors (Lipinski definition) is 15. The number of aliphatic hydroxyl groups excluding tert-OH is 1. The zero-order valence-corrected chi connectivity index (χ0v) is 63.8. The van der Waals surface area contributed by atoms with Crippen molar-refractivity contribution in [3.63, 3.8) is 0 Å². The maximum Gasteiger partial charge on any atom is 0.472 e. The minimum Gasteiger partial charge on any atom is -0.462 e. The molecule has 0 bridgehead atoms. The Balaban J connectivity index is 5.24. The summed E-state index contributed by atoms with van der Waals surface area (Å²) < 4.78 is 68.5. The zero-order valence-electron chi connectivity index (χ0n) is 62.0. The Labute approximate surface area is 581 Å². The van der Waals surface area contributed by atoms with Crippen molar-refractivity contribution < 1.29 is 80.2 Å². The molecule has 0 amide bonds. The van der Waals surface area contributed by atoms with Crippen LogP contribution in [0.15, 0.2) is 0 Å². The SMILES string of the molecule is CCCCCCCCCCCCCCCCC(=O)O[C@H](COC(=O)CCCCCCCCCCC)COP(=O)(O)OC[C@H](O)COP(=O)(O)OC[C@@H](COC(=O)CCCCCCCCCCCCC(C)CC)OC(=O)CCCCCCCCCCCCCCCCC(C)CC. The lowest BCUT2D eigenvalue weighted by Crippen LogP contribution is -2.30. The highest BCUT2D eigenvalue weighted by Gasteiger charge is 2.30. The summed E-state index contributed by atoms with van der Waals surface area (Å²) in [5.74, 6) is -0.459. The van der Waals surface area contributed by atoms with Gasteiger partial charge in [-0.1, -0.05) is 343 Å². The van der Waals surface area contributed by atoms with E-state index in [1.807, 2.05) is 0 Å². The van der Waals surface area contributed by atoms with Crippen LogP contribution >= 0.6 is 15.6 Å². The molecule has 564 valence electrons. The Morgan fingerprint density at radius 1 is 0.295 bits per heavy atom. The average molecular weight is 1400 g/mol. The molecule has 0 aliphatic rings. The highest BCUT2D eigenvalue weighted by Crippen LogP contribution is 2.45. The van der Waals surface area contributed by atoms with E-state index in [-0.39, 0.29) is 25.7 Å². The van der Waals surface area contributed by atoms with Crippen molar-refractivity contribution in [1.82, 2.24) is 0 Å². The molecule has 0 heterocycles. The monoisotopic (exact) mass is 1400 g/mol. The van der Waals surface area contributed by atoms with Gasteiger partial charge in [-0.3, -0.25) is 37.3 Å². The second-order valence-corrected chi connectivity index (χ2v) is 30.8. The van der Waals surface area contributed by atoms with Crippen LogP contribution in [0.3, 0.4) is 0 Å². The lowest BCUT2D eigenvalue weighted by molar-refractivity contribution is -0.161. The average Bonchev–Trinajstić information content (AvgIpc) is 1.84. The highest BCUT2D eigenvalue weighted by molar-refractivity contribution is 7.47. The van der Waals surface area contributed by atoms with E-state index in [4.69, 9.17) is 37.0 Å². The van der Waals surface area contributed by atoms with Crippen LogP contribution in [-0.4, -0.2) is 96.7 Å². The molecular weight excluding hydrogens is 1250 g/mol. The van der Waals surface area contributed by atoms with Gasteiger partial charge in [0.25, 0.3) is 0 Å². The van der Waals surface area contributed by atoms with Gasteiger partial charge in [-0.15, -0.1) is 0 Å². The third-order valence-corrected chi connectivity index (χ3v) is 20.3. The molecule has 0 saturated heterocycles. The van der Waals surface area contributed by atoms with Crippen LogP contribution in [-0.2, 0) is 65.4 Å². The zero-order chi connectivity index (χ0) is 70.0. The molecule has 0 aromatic rings. The van der Waals surface area contributed by atoms with Gasteiger partial charge in [0.2, 0.25) is 0 Å². The third kappa shape index (κ3) is 67.6. The maximum atomic E-state index is 13.1. The summed E-state index contributed by atoms with van der Waals surface area (Å²) in [6.45, 7) is 9.67. The van der Waals surface area contributed by atoms with Gasteiger partial charge in [-0.2, -0.15) is 0 Å². The van der Waals surface area contributed by atoms with E-state index in [0.717, 1.165) is 102 Å². The summed E-state index contributed by atoms with van der Waals surface area (Å²) in [6.07, 6.45) is 55.2. The molecule has 7 atom stereocenters. The lowest BCUT2D eigenvalue weighted by Gasteiger charge is -2.21. The predicted octanol–water partition coefficient (Wildman–Crippen LogP) is 22.3. The fraction of sp³-hybridized carbons (Fsp3) is 0.947. The first-order chi connectivity index (χ1) is 45.9. The lowest BCUT2D eigenvalue weighted by atomic mass is 9.99. The van der Waals surface area contributed by atoms with Gasteiger partial charge < -0.3 is 33.8 Å². The molecule has 4 unspecified atom stereocenters. The van der Waals surface area contributed by atoms with Crippen LogP contribution in [0.25, 0.3) is 0 Å². The Hall–Kier alpha value is -1.94. The first kappa shape index (κ1) is 93.1. The normalized spacial score (nSPS) is 14.6. The number of unbranched alkanes of at least 4 members (excludes halogenated alkanes) is 43. The van der Waals surface area contributed by atoms with E-state index < -0.39 is 97.5 Å². The van der Waals surface area contributed by atoms with Crippen LogP contribution < -0.4 is 0 Å². The number of carbonyl (C=O) groups is 4. The van der Waals surface area contributed by atoms with E-state index >= 15 is 0 Å². The Kier molecular flexibility index (Phi) is 66.5. The molecule has 17 nitrogen and oxygen atoms in total. The molecule has 0 radical (unpaired) electrons. The van der Waals surface area contributed by atoms with Gasteiger partial charge in [-0.25, -0.2) is 9.13 Å². The predicted molar refractivity (Wildman–Crippen MR) is 386 cm³/mol. The molecule has 0 spiro atoms. The molecule has 0 rings (SSSR count). The number of hydrogen-bond donors (Lipinski definition) is 3. The molecule has 19 heteroatoms. The topological polar surface area (TPSA) is 237 Å². The number of phosphoric acid groups is 2. The fourth-order valence-corrected chi connectivity index (χ4v) is 13.2. The molecule has 0 fully saturated rings. The Morgan fingerprint density at radius 2 is 0.505 bits per heavy atom. The first-order valence-corrected chi connectivity index (χ1v) is 42.6. The van der Waals surface area contributed by atoms with Crippen molar-refractivity contribution in [3.05, 3.63) is 0 Å². The molecular formula is C76H148O17P2. The van der Waals surface area contributed by atoms with Gasteiger partial charge in [0.15, 0.2) is 12.2 Å². The van der Waals surface area contributed by atoms with E-state index in [2.05, 4.69) is 41.5 Å². The van der Waals surface area contributed by atoms with Crippen LogP contribution in [0.5, 0.6) is 0 Å². The highest BCUT2D eigenvalue weighted by atomic mass is 31.2. The standard InChI is InChI=1S/C76H148O17P2/c1-7-11-13-15-17-19-20-21-25-28-36-42-48-54-60-75(80)92-71(64-86-73(78)58-52-46-40-32-18-16-14-12-8-2)66-90-94(82,83)88-62-70(77)63-89-95(84,85)91-67-72(65-87-74(79)59-53-47-41-35-31-30-34-39-45-51-57-69(6)10-4)93-76(81)61-55-49-43-37-29-26-23-22-24-27-33-38-44-50-56-68(5)9-3/h68-72,77H,7-67H2,1-6H3,(H,82,83)(H,84,85)/t68?,69?,70-,71+,72+/m0/s1. The smallest absolute Gasteiger partial charge is 0.462 e. The van der Waals surface area contributed by atoms with E-state index in [1.54, 1.807) is 0 Å². The summed E-state index contributed by atoms with van der Waals surface area (Å²) >= 11 is 0. The van der Waals surface area contributed by atoms with Crippen LogP contribution in [0.1, 0.15) is 395 Å². The Morgan fingerprint density at radius 3 is 0.747 bits per heavy atom. The summed E-state index contributed by atoms with van der Waals surface area (Å²) in [6, 6.07) is 0. The van der Waals surface area contributed by atoms with Crippen molar-refractivity contribution in [2.24, 2.45) is 11.8 Å². The summed E-state index contributed by atoms with van der Waals surface area (Å²) in [7, 11) is -9.91. The van der Waals surface area contributed by atoms with Crippen molar-refractivity contribution in [1.29, 1.82) is 0 Å². The summed E-state index contributed by atoms with van der Waals surface area (Å²) in [4.78, 5) is 72.8. The second-order valence-electron chi connectivity index (χ2n) is 27.9. The minimum atomic E-state index is -4.96. The number of phosphoric ester groups is 2. The number of rotatable bonds is 75. The number of aliphatic hydroxyl groups is 1. The molecule has 0 aliphatic heterocycles. The number of esters is 4. The van der Waals surface area contributed by atoms with Crippen molar-refractivity contribution in [2.45, 2.75) is 413 Å². The number of ether oxygens (including phenoxy) is 4. The van der Waals surface area contributed by atoms with Crippen LogP contribution in [0.4, 0.5) is 0 Å². The van der Waals surface area contributed by atoms with Gasteiger partial charge in [0.1, 0.15) is 19.3 Å². The van der Waals surface area contributed by atoms with Crippen LogP contribution in [0.2, 0.25) is 0 Å². The summed E-state index contributed by atoms with van der Waals surface area (Å²) in [5, 5.41) is 10.6. The quantitative estimate of drug-likeness (QED) is 0.0222. The third-order valence-electron chi connectivity index (χ3n) is 18.4. The summed E-state index contributed by atoms with van der Waals surface area (Å²) in [5.41, 5.74) is 0. The number of carbonyl (C=O) groups excluding carboxylic acids is 4. The van der Waals surface area contributed by atoms with Gasteiger partial charge in [-0.05, 0) is 37.5 Å². The van der Waals surface area contributed by atoms with Crippen LogP contribution in [0, 0.1) is 11.8 Å². The second kappa shape index (κ2) is 67.9. The van der Waals surface area contributed by atoms with E-state index in [0.29, 0.717) is 25.7 Å².